The number of hydrogen-bond donors (Lipinski definition) is 0. The molecule has 0 aliphatic carbocycles. The van der Waals surface area contributed by atoms with E-state index in [0.29, 0.717) is 0 Å². The van der Waals surface area contributed by atoms with Crippen LogP contribution >= 0.6 is 6.89 Å². The minimum Gasteiger partial charge on any atom is -0.106 e. The maximum absolute atomic E-state index is 4.74. The van der Waals surface area contributed by atoms with Crippen molar-refractivity contribution in [3.05, 3.63) is 0 Å². The van der Waals surface area contributed by atoms with Gasteiger partial charge in [-0.1, -0.05) is 41.5 Å². The van der Waals surface area contributed by atoms with Crippen LogP contribution in [0.4, 0.5) is 0 Å². The Bertz CT molecular complexity index is 236. The zero-order chi connectivity index (χ0) is 11.8. The van der Waals surface area contributed by atoms with Gasteiger partial charge in [0.05, 0.1) is 0 Å². The Morgan fingerprint density at radius 1 is 1.07 bits per heavy atom. The fourth-order valence-corrected chi connectivity index (χ4v) is 8.41. The van der Waals surface area contributed by atoms with E-state index in [1.54, 1.807) is 0 Å². The lowest BCUT2D eigenvalue weighted by Crippen LogP contribution is -2.35. The Morgan fingerprint density at radius 3 is 1.80 bits per heavy atom. The normalized spacial score (nSPS) is 47.1. The van der Waals surface area contributed by atoms with Gasteiger partial charge in [0, 0.05) is 0 Å². The molecule has 1 heterocycles. The van der Waals surface area contributed by atoms with Gasteiger partial charge in [-0.15, -0.1) is 13.2 Å². The van der Waals surface area contributed by atoms with Crippen LogP contribution < -0.4 is 0 Å². The van der Waals surface area contributed by atoms with Gasteiger partial charge in [0.1, 0.15) is 0 Å². The van der Waals surface area contributed by atoms with Crippen molar-refractivity contribution >= 4 is 13.2 Å². The second-order valence-corrected chi connectivity index (χ2v) is 10.6. The molecule has 90 valence electrons. The molecule has 0 amide bonds. The lowest BCUT2D eigenvalue weighted by molar-refractivity contribution is 0.376. The molecule has 0 aromatic rings. The molecule has 0 N–H and O–H groups in total. The first kappa shape index (κ1) is 13.4. The zero-order valence-electron chi connectivity index (χ0n) is 11.5. The first-order chi connectivity index (χ1) is 6.79. The summed E-state index contributed by atoms with van der Waals surface area (Å²) in [4.78, 5) is 0. The smallest absolute Gasteiger partial charge is 0.0216 e. The third-order valence-corrected chi connectivity index (χ3v) is 10.4. The molecule has 0 nitrogen and oxygen atoms in total. The van der Waals surface area contributed by atoms with Gasteiger partial charge < -0.3 is 0 Å². The van der Waals surface area contributed by atoms with Crippen LogP contribution in [0.2, 0.25) is 0 Å². The summed E-state index contributed by atoms with van der Waals surface area (Å²) in [7, 11) is 0. The molecule has 1 unspecified atom stereocenters. The van der Waals surface area contributed by atoms with Crippen LogP contribution in [0.5, 0.6) is 0 Å². The first-order valence-electron chi connectivity index (χ1n) is 6.50. The van der Waals surface area contributed by atoms with Crippen LogP contribution in [0.1, 0.15) is 48.0 Å². The summed E-state index contributed by atoms with van der Waals surface area (Å²) in [5, 5.41) is 0. The lowest BCUT2D eigenvalue weighted by Gasteiger charge is -2.48. The third kappa shape index (κ3) is 2.52. The van der Waals surface area contributed by atoms with E-state index in [-0.39, 0.29) is 0 Å². The largest absolute Gasteiger partial charge is 0.106 e. The van der Waals surface area contributed by atoms with Gasteiger partial charge >= 0.3 is 0 Å². The molecule has 0 aromatic carbocycles. The summed E-state index contributed by atoms with van der Waals surface area (Å²) >= 11 is 0. The lowest BCUT2D eigenvalue weighted by atomic mass is 9.92. The second kappa shape index (κ2) is 4.66. The summed E-state index contributed by atoms with van der Waals surface area (Å²) in [6.45, 7) is 13.6. The van der Waals surface area contributed by atoms with Crippen LogP contribution in [-0.2, 0) is 0 Å². The molecule has 5 atom stereocenters. The maximum Gasteiger partial charge on any atom is -0.0216 e. The molecular formula is C14H29P. The third-order valence-electron chi connectivity index (χ3n) is 4.72. The Balaban J connectivity index is 2.95. The molecule has 1 aliphatic rings. The number of rotatable bonds is 2. The monoisotopic (exact) mass is 228 g/mol. The molecule has 1 rings (SSSR count). The summed E-state index contributed by atoms with van der Waals surface area (Å²) in [6, 6.07) is 0. The molecule has 0 radical (unpaired) electrons. The fraction of sp³-hybridized carbons (Fsp3) is 0.929. The van der Waals surface area contributed by atoms with Crippen LogP contribution in [0, 0.1) is 17.8 Å². The van der Waals surface area contributed by atoms with Crippen molar-refractivity contribution in [1.82, 2.24) is 0 Å². The van der Waals surface area contributed by atoms with Crippen molar-refractivity contribution in [3.63, 3.8) is 0 Å². The topological polar surface area (TPSA) is 0 Å². The average molecular weight is 228 g/mol. The molecule has 0 spiro atoms. The summed E-state index contributed by atoms with van der Waals surface area (Å²) < 4.78 is 0. The quantitative estimate of drug-likeness (QED) is 0.608. The van der Waals surface area contributed by atoms with E-state index >= 15 is 0 Å². The van der Waals surface area contributed by atoms with Crippen molar-refractivity contribution in [1.29, 1.82) is 0 Å². The highest BCUT2D eigenvalue weighted by Crippen LogP contribution is 2.64. The van der Waals surface area contributed by atoms with Gasteiger partial charge in [0.25, 0.3) is 0 Å². The van der Waals surface area contributed by atoms with E-state index < -0.39 is 6.89 Å². The van der Waals surface area contributed by atoms with Crippen molar-refractivity contribution < 1.29 is 0 Å². The average Bonchev–Trinajstić information content (AvgIpc) is 2.11. The summed E-state index contributed by atoms with van der Waals surface area (Å²) in [5.74, 6) is 2.60. The molecule has 15 heavy (non-hydrogen) atoms. The molecule has 1 saturated heterocycles. The predicted molar refractivity (Wildman–Crippen MR) is 75.6 cm³/mol. The zero-order valence-corrected chi connectivity index (χ0v) is 12.3. The molecule has 1 fully saturated rings. The highest BCUT2D eigenvalue weighted by atomic mass is 31.2. The maximum atomic E-state index is 4.74. The molecule has 0 bridgehead atoms. The molecule has 1 heteroatoms. The molecular weight excluding hydrogens is 199 g/mol. The number of hydrogen-bond acceptors (Lipinski definition) is 0. The van der Waals surface area contributed by atoms with E-state index in [4.69, 9.17) is 6.30 Å². The van der Waals surface area contributed by atoms with Crippen molar-refractivity contribution in [2.45, 2.75) is 59.3 Å². The summed E-state index contributed by atoms with van der Waals surface area (Å²) in [6.07, 6.45) is 7.55. The van der Waals surface area contributed by atoms with E-state index in [1.165, 1.54) is 12.6 Å². The van der Waals surface area contributed by atoms with E-state index in [2.05, 4.69) is 41.5 Å². The van der Waals surface area contributed by atoms with E-state index in [9.17, 15) is 0 Å². The van der Waals surface area contributed by atoms with Crippen LogP contribution in [0.25, 0.3) is 0 Å². The molecule has 0 aromatic heterocycles. The second-order valence-electron chi connectivity index (χ2n) is 6.35. The van der Waals surface area contributed by atoms with Crippen LogP contribution in [0.3, 0.4) is 0 Å². The van der Waals surface area contributed by atoms with Crippen LogP contribution in [0.15, 0.2) is 0 Å². The molecule has 1 aliphatic heterocycles. The fourth-order valence-electron chi connectivity index (χ4n) is 3.38. The minimum absolute atomic E-state index is 0.818. The van der Waals surface area contributed by atoms with Crippen LogP contribution in [-0.4, -0.2) is 23.8 Å². The first-order valence-corrected chi connectivity index (χ1v) is 8.80. The van der Waals surface area contributed by atoms with E-state index in [0.717, 1.165) is 29.1 Å². The van der Waals surface area contributed by atoms with Gasteiger partial charge in [-0.3, -0.25) is 0 Å². The van der Waals surface area contributed by atoms with Gasteiger partial charge in [-0.25, -0.2) is 0 Å². The molecule has 0 saturated carbocycles. The van der Waals surface area contributed by atoms with Crippen molar-refractivity contribution in [2.75, 3.05) is 6.16 Å². The van der Waals surface area contributed by atoms with Crippen molar-refractivity contribution in [3.8, 4) is 0 Å². The predicted octanol–water partition coefficient (Wildman–Crippen LogP) is 4.54. The van der Waals surface area contributed by atoms with Gasteiger partial charge in [-0.2, -0.15) is 0 Å². The standard InChI is InChI=1S/C14H29P/c1-10(2)9-15(7)13(5)11(3)8-12(4)14(15)6/h10-14H,7-9H2,1-6H3/t11-,12+,13-,14+,15?. The highest BCUT2D eigenvalue weighted by Gasteiger charge is 2.39. The summed E-state index contributed by atoms with van der Waals surface area (Å²) in [5.41, 5.74) is 1.76. The minimum atomic E-state index is -0.964. The Morgan fingerprint density at radius 2 is 1.47 bits per heavy atom. The van der Waals surface area contributed by atoms with E-state index in [1.807, 2.05) is 0 Å². The van der Waals surface area contributed by atoms with Crippen molar-refractivity contribution in [2.24, 2.45) is 17.8 Å². The Kier molecular flexibility index (Phi) is 4.15. The van der Waals surface area contributed by atoms with Gasteiger partial charge in [0.15, 0.2) is 0 Å². The SMILES string of the molecule is C=P1(CC(C)C)[C@H](C)[C@H](C)C[C@H](C)[C@@H]1C. The van der Waals surface area contributed by atoms with Gasteiger partial charge in [-0.05, 0) is 41.7 Å². The Hall–Kier alpha value is 0.300. The highest BCUT2D eigenvalue weighted by molar-refractivity contribution is 7.75. The Labute approximate surface area is 96.8 Å². The van der Waals surface area contributed by atoms with Gasteiger partial charge in [0.2, 0.25) is 0 Å².